The number of ether oxygens (including phenoxy) is 1. The van der Waals surface area contributed by atoms with Crippen LogP contribution in [-0.4, -0.2) is 20.8 Å². The third kappa shape index (κ3) is 1.43. The zero-order valence-corrected chi connectivity index (χ0v) is 9.52. The monoisotopic (exact) mass is 252 g/mol. The molecule has 0 fully saturated rings. The van der Waals surface area contributed by atoms with Gasteiger partial charge in [-0.05, 0) is 24.3 Å². The molecule has 3 rings (SSSR count). The highest BCUT2D eigenvalue weighted by atomic mass is 35.5. The molecule has 1 aromatic carbocycles. The number of benzene rings is 1. The van der Waals surface area contributed by atoms with Crippen molar-refractivity contribution in [3.05, 3.63) is 39.8 Å². The van der Waals surface area contributed by atoms with Gasteiger partial charge in [0, 0.05) is 5.02 Å². The van der Waals surface area contributed by atoms with Gasteiger partial charge in [0.25, 0.3) is 11.8 Å². The molecule has 1 N–H and O–H groups in total. The maximum absolute atomic E-state index is 12.0. The lowest BCUT2D eigenvalue weighted by Crippen LogP contribution is -2.22. The summed E-state index contributed by atoms with van der Waals surface area (Å²) in [5.41, 5.74) is 0.250. The number of hydrogen-bond donors (Lipinski definition) is 1. The number of nitrogens with zero attached hydrogens (tertiary/aromatic N) is 2. The first-order valence-electron chi connectivity index (χ1n) is 5.12. The first-order valence-corrected chi connectivity index (χ1v) is 5.49. The first-order chi connectivity index (χ1) is 8.18. The molecule has 0 spiro atoms. The summed E-state index contributed by atoms with van der Waals surface area (Å²) in [5, 5.41) is 10.5. The van der Waals surface area contributed by atoms with E-state index in [2.05, 4.69) is 0 Å². The van der Waals surface area contributed by atoms with Gasteiger partial charge in [-0.25, -0.2) is 9.36 Å². The van der Waals surface area contributed by atoms with Crippen molar-refractivity contribution in [2.24, 2.45) is 0 Å². The normalized spacial score (nSPS) is 13.5. The molecule has 1 aliphatic heterocycles. The largest absolute Gasteiger partial charge is 0.490 e. The van der Waals surface area contributed by atoms with Crippen molar-refractivity contribution in [2.75, 3.05) is 6.61 Å². The summed E-state index contributed by atoms with van der Waals surface area (Å²) in [5.74, 6) is 0.0553. The SMILES string of the molecule is O=c1n2c(c(O)n1-c1ccc(Cl)cc1)OCC2. The number of fused-ring (bicyclic) bond motifs is 1. The van der Waals surface area contributed by atoms with Gasteiger partial charge in [-0.1, -0.05) is 11.6 Å². The molecule has 17 heavy (non-hydrogen) atoms. The van der Waals surface area contributed by atoms with Crippen LogP contribution >= 0.6 is 11.6 Å². The fourth-order valence-corrected chi connectivity index (χ4v) is 2.04. The Hall–Kier alpha value is -1.88. The van der Waals surface area contributed by atoms with E-state index in [9.17, 15) is 9.90 Å². The molecule has 0 aliphatic carbocycles. The molecule has 0 amide bonds. The molecule has 0 bridgehead atoms. The predicted molar refractivity (Wildman–Crippen MR) is 62.2 cm³/mol. The molecular formula is C11H9ClN2O3. The molecule has 88 valence electrons. The first kappa shape index (κ1) is 10.3. The van der Waals surface area contributed by atoms with E-state index >= 15 is 0 Å². The van der Waals surface area contributed by atoms with Crippen molar-refractivity contribution in [1.29, 1.82) is 0 Å². The zero-order chi connectivity index (χ0) is 12.0. The van der Waals surface area contributed by atoms with Gasteiger partial charge in [-0.3, -0.25) is 4.57 Å². The van der Waals surface area contributed by atoms with Crippen molar-refractivity contribution < 1.29 is 9.84 Å². The summed E-state index contributed by atoms with van der Waals surface area (Å²) in [6.07, 6.45) is 0. The number of aromatic nitrogens is 2. The predicted octanol–water partition coefficient (Wildman–Crippen LogP) is 1.39. The molecule has 2 heterocycles. The van der Waals surface area contributed by atoms with Crippen molar-refractivity contribution in [1.82, 2.24) is 9.13 Å². The van der Waals surface area contributed by atoms with Crippen LogP contribution in [0.3, 0.4) is 0 Å². The lowest BCUT2D eigenvalue weighted by molar-refractivity contribution is 0.325. The van der Waals surface area contributed by atoms with Crippen LogP contribution in [0.4, 0.5) is 0 Å². The van der Waals surface area contributed by atoms with Crippen LogP contribution in [0.15, 0.2) is 29.1 Å². The molecule has 5 nitrogen and oxygen atoms in total. The molecule has 0 radical (unpaired) electrons. The summed E-state index contributed by atoms with van der Waals surface area (Å²) in [6, 6.07) is 6.65. The number of halogens is 1. The molecular weight excluding hydrogens is 244 g/mol. The van der Waals surface area contributed by atoms with E-state index in [0.717, 1.165) is 0 Å². The minimum Gasteiger partial charge on any atom is -0.490 e. The van der Waals surface area contributed by atoms with Crippen molar-refractivity contribution in [3.63, 3.8) is 0 Å². The van der Waals surface area contributed by atoms with Gasteiger partial charge in [-0.15, -0.1) is 0 Å². The molecule has 1 aromatic heterocycles. The second-order valence-corrected chi connectivity index (χ2v) is 4.16. The Bertz CT molecular complexity index is 627. The maximum atomic E-state index is 12.0. The average molecular weight is 253 g/mol. The van der Waals surface area contributed by atoms with Gasteiger partial charge in [0.2, 0.25) is 0 Å². The van der Waals surface area contributed by atoms with Gasteiger partial charge in [0.05, 0.1) is 12.2 Å². The number of rotatable bonds is 1. The lowest BCUT2D eigenvalue weighted by atomic mass is 10.3. The third-order valence-electron chi connectivity index (χ3n) is 2.71. The van der Waals surface area contributed by atoms with Gasteiger partial charge >= 0.3 is 5.69 Å². The second kappa shape index (κ2) is 3.56. The molecule has 0 unspecified atom stereocenters. The van der Waals surface area contributed by atoms with Gasteiger partial charge in [0.1, 0.15) is 6.61 Å². The van der Waals surface area contributed by atoms with Crippen LogP contribution in [0.25, 0.3) is 5.69 Å². The van der Waals surface area contributed by atoms with Crippen molar-refractivity contribution >= 4 is 11.6 Å². The van der Waals surface area contributed by atoms with E-state index < -0.39 is 0 Å². The number of imidazole rings is 1. The smallest absolute Gasteiger partial charge is 0.338 e. The van der Waals surface area contributed by atoms with Gasteiger partial charge in [0.15, 0.2) is 0 Å². The Kier molecular flexibility index (Phi) is 2.16. The van der Waals surface area contributed by atoms with Crippen LogP contribution in [0.1, 0.15) is 0 Å². The Balaban J connectivity index is 2.22. The standard InChI is InChI=1S/C11H9ClN2O3/c12-7-1-3-8(4-2-7)14-9(15)10-13(11(14)16)5-6-17-10/h1-4,15H,5-6H2. The Labute approximate surface area is 101 Å². The van der Waals surface area contributed by atoms with Crippen LogP contribution in [0.2, 0.25) is 5.02 Å². The van der Waals surface area contributed by atoms with Crippen LogP contribution in [-0.2, 0) is 6.54 Å². The Morgan fingerprint density at radius 1 is 1.29 bits per heavy atom. The lowest BCUT2D eigenvalue weighted by Gasteiger charge is -2.03. The zero-order valence-electron chi connectivity index (χ0n) is 8.76. The van der Waals surface area contributed by atoms with Gasteiger partial charge < -0.3 is 9.84 Å². The molecule has 0 saturated heterocycles. The van der Waals surface area contributed by atoms with Crippen molar-refractivity contribution in [2.45, 2.75) is 6.54 Å². The quantitative estimate of drug-likeness (QED) is 0.835. The summed E-state index contributed by atoms with van der Waals surface area (Å²) in [6.45, 7) is 0.877. The summed E-state index contributed by atoms with van der Waals surface area (Å²) in [4.78, 5) is 12.0. The molecule has 6 heteroatoms. The van der Waals surface area contributed by atoms with E-state index in [1.165, 1.54) is 9.13 Å². The van der Waals surface area contributed by atoms with E-state index in [4.69, 9.17) is 16.3 Å². The van der Waals surface area contributed by atoms with Gasteiger partial charge in [-0.2, -0.15) is 0 Å². The fourth-order valence-electron chi connectivity index (χ4n) is 1.91. The minimum atomic E-state index is -0.308. The average Bonchev–Trinajstić information content (AvgIpc) is 2.87. The summed E-state index contributed by atoms with van der Waals surface area (Å²) in [7, 11) is 0. The third-order valence-corrected chi connectivity index (χ3v) is 2.96. The molecule has 0 saturated carbocycles. The highest BCUT2D eigenvalue weighted by Gasteiger charge is 2.25. The highest BCUT2D eigenvalue weighted by Crippen LogP contribution is 2.30. The maximum Gasteiger partial charge on any atom is 0.338 e. The van der Waals surface area contributed by atoms with Crippen LogP contribution < -0.4 is 10.4 Å². The summed E-state index contributed by atoms with van der Waals surface area (Å²) < 4.78 is 7.81. The fraction of sp³-hybridized carbons (Fsp3) is 0.182. The van der Waals surface area contributed by atoms with E-state index in [1.807, 2.05) is 0 Å². The second-order valence-electron chi connectivity index (χ2n) is 3.72. The minimum absolute atomic E-state index is 0.171. The number of aromatic hydroxyl groups is 1. The van der Waals surface area contributed by atoms with Crippen LogP contribution in [0.5, 0.6) is 11.8 Å². The molecule has 0 atom stereocenters. The van der Waals surface area contributed by atoms with E-state index in [1.54, 1.807) is 24.3 Å². The number of hydrogen-bond acceptors (Lipinski definition) is 3. The van der Waals surface area contributed by atoms with E-state index in [-0.39, 0.29) is 17.4 Å². The van der Waals surface area contributed by atoms with E-state index in [0.29, 0.717) is 23.9 Å². The molecule has 1 aliphatic rings. The Morgan fingerprint density at radius 2 is 2.00 bits per heavy atom. The summed E-state index contributed by atoms with van der Waals surface area (Å²) >= 11 is 5.77. The molecule has 2 aromatic rings. The van der Waals surface area contributed by atoms with Crippen molar-refractivity contribution in [3.8, 4) is 17.4 Å². The Morgan fingerprint density at radius 3 is 2.65 bits per heavy atom. The topological polar surface area (TPSA) is 56.4 Å². The van der Waals surface area contributed by atoms with Crippen LogP contribution in [0, 0.1) is 0 Å². The highest BCUT2D eigenvalue weighted by molar-refractivity contribution is 6.30.